The summed E-state index contributed by atoms with van der Waals surface area (Å²) >= 11 is 5.71. The number of benzene rings is 1. The Kier molecular flexibility index (Phi) is 2.97. The number of methoxy groups -OCH3 is 1. The maximum absolute atomic E-state index is 10.5. The molecular weight excluding hydrogens is 192 g/mol. The van der Waals surface area contributed by atoms with E-state index in [1.54, 1.807) is 18.2 Å². The molecule has 0 heterocycles. The molecule has 4 nitrogen and oxygen atoms in total. The number of halogens is 1. The molecule has 0 aliphatic heterocycles. The Bertz CT molecular complexity index is 328. The highest BCUT2D eigenvalue weighted by Crippen LogP contribution is 2.27. The van der Waals surface area contributed by atoms with Gasteiger partial charge in [0.2, 0.25) is 0 Å². The molecule has 0 radical (unpaired) electrons. The molecule has 0 bridgehead atoms. The Morgan fingerprint density at radius 1 is 1.62 bits per heavy atom. The molecule has 0 spiro atoms. The summed E-state index contributed by atoms with van der Waals surface area (Å²) < 4.78 is 4.97. The minimum Gasteiger partial charge on any atom is -0.495 e. The molecule has 2 amide bonds. The van der Waals surface area contributed by atoms with Gasteiger partial charge < -0.3 is 15.8 Å². The minimum atomic E-state index is -0.638. The monoisotopic (exact) mass is 200 g/mol. The van der Waals surface area contributed by atoms with Crippen molar-refractivity contribution in [1.29, 1.82) is 0 Å². The summed E-state index contributed by atoms with van der Waals surface area (Å²) in [6.07, 6.45) is 0. The highest BCUT2D eigenvalue weighted by atomic mass is 35.5. The summed E-state index contributed by atoms with van der Waals surface area (Å²) in [6.45, 7) is 0. The number of carbonyl (C=O) groups is 1. The number of nitrogens with two attached hydrogens (primary N) is 1. The van der Waals surface area contributed by atoms with Gasteiger partial charge in [-0.1, -0.05) is 11.6 Å². The Morgan fingerprint density at radius 3 is 2.85 bits per heavy atom. The number of hydrogen-bond donors (Lipinski definition) is 2. The second kappa shape index (κ2) is 4.00. The fourth-order valence-electron chi connectivity index (χ4n) is 0.901. The maximum atomic E-state index is 10.5. The van der Waals surface area contributed by atoms with E-state index in [0.29, 0.717) is 16.5 Å². The number of anilines is 1. The molecule has 0 saturated heterocycles. The lowest BCUT2D eigenvalue weighted by Gasteiger charge is -2.07. The average Bonchev–Trinajstić information content (AvgIpc) is 2.07. The molecule has 0 aliphatic rings. The minimum absolute atomic E-state index is 0.478. The van der Waals surface area contributed by atoms with Crippen molar-refractivity contribution in [3.05, 3.63) is 23.2 Å². The van der Waals surface area contributed by atoms with E-state index in [-0.39, 0.29) is 0 Å². The van der Waals surface area contributed by atoms with Gasteiger partial charge in [-0.05, 0) is 12.1 Å². The van der Waals surface area contributed by atoms with E-state index in [1.165, 1.54) is 7.11 Å². The van der Waals surface area contributed by atoms with Crippen molar-refractivity contribution in [2.24, 2.45) is 5.73 Å². The van der Waals surface area contributed by atoms with E-state index in [9.17, 15) is 4.79 Å². The van der Waals surface area contributed by atoms with Crippen molar-refractivity contribution in [3.8, 4) is 5.75 Å². The van der Waals surface area contributed by atoms with Crippen LogP contribution in [0, 0.1) is 0 Å². The molecule has 0 aromatic heterocycles. The van der Waals surface area contributed by atoms with Gasteiger partial charge in [-0.15, -0.1) is 0 Å². The van der Waals surface area contributed by atoms with Crippen LogP contribution in [0.25, 0.3) is 0 Å². The van der Waals surface area contributed by atoms with Gasteiger partial charge in [-0.25, -0.2) is 4.79 Å². The first-order valence-electron chi connectivity index (χ1n) is 3.53. The standard InChI is InChI=1S/C8H9ClN2O2/c1-13-7-4-5(9)2-3-6(7)11-8(10)12/h2-4H,1H3,(H3,10,11,12). The molecule has 1 aromatic rings. The van der Waals surface area contributed by atoms with Crippen LogP contribution in [0.4, 0.5) is 10.5 Å². The van der Waals surface area contributed by atoms with E-state index < -0.39 is 6.03 Å². The number of nitrogens with one attached hydrogen (secondary N) is 1. The lowest BCUT2D eigenvalue weighted by Crippen LogP contribution is -2.19. The summed E-state index contributed by atoms with van der Waals surface area (Å²) in [5.41, 5.74) is 5.45. The Balaban J connectivity index is 2.99. The van der Waals surface area contributed by atoms with Crippen molar-refractivity contribution in [3.63, 3.8) is 0 Å². The first-order chi connectivity index (χ1) is 6.13. The molecule has 0 aliphatic carbocycles. The van der Waals surface area contributed by atoms with Gasteiger partial charge in [0.15, 0.2) is 0 Å². The van der Waals surface area contributed by atoms with E-state index in [1.807, 2.05) is 0 Å². The molecule has 1 rings (SSSR count). The van der Waals surface area contributed by atoms with Crippen LogP contribution in [-0.4, -0.2) is 13.1 Å². The first-order valence-corrected chi connectivity index (χ1v) is 3.91. The third-order valence-electron chi connectivity index (χ3n) is 1.42. The lowest BCUT2D eigenvalue weighted by molar-refractivity contribution is 0.259. The predicted molar refractivity (Wildman–Crippen MR) is 51.2 cm³/mol. The van der Waals surface area contributed by atoms with Crippen LogP contribution in [0.5, 0.6) is 5.75 Å². The van der Waals surface area contributed by atoms with Crippen LogP contribution in [0.1, 0.15) is 0 Å². The SMILES string of the molecule is COc1cc(Cl)ccc1NC(N)=O. The Morgan fingerprint density at radius 2 is 2.31 bits per heavy atom. The molecule has 70 valence electrons. The topological polar surface area (TPSA) is 64.3 Å². The van der Waals surface area contributed by atoms with Gasteiger partial charge in [0, 0.05) is 11.1 Å². The molecule has 0 fully saturated rings. The van der Waals surface area contributed by atoms with Crippen molar-refractivity contribution in [1.82, 2.24) is 0 Å². The zero-order chi connectivity index (χ0) is 9.84. The van der Waals surface area contributed by atoms with Crippen LogP contribution in [0.15, 0.2) is 18.2 Å². The smallest absolute Gasteiger partial charge is 0.316 e. The third kappa shape index (κ3) is 2.52. The summed E-state index contributed by atoms with van der Waals surface area (Å²) in [5, 5.41) is 2.94. The van der Waals surface area contributed by atoms with E-state index in [2.05, 4.69) is 5.32 Å². The highest BCUT2D eigenvalue weighted by molar-refractivity contribution is 6.30. The van der Waals surface area contributed by atoms with Crippen LogP contribution in [0.2, 0.25) is 5.02 Å². The summed E-state index contributed by atoms with van der Waals surface area (Å²) in [7, 11) is 1.48. The largest absolute Gasteiger partial charge is 0.495 e. The molecule has 0 unspecified atom stereocenters. The van der Waals surface area contributed by atoms with Crippen molar-refractivity contribution >= 4 is 23.3 Å². The van der Waals surface area contributed by atoms with E-state index in [0.717, 1.165) is 0 Å². The third-order valence-corrected chi connectivity index (χ3v) is 1.66. The Hall–Kier alpha value is -1.42. The molecular formula is C8H9ClN2O2. The van der Waals surface area contributed by atoms with E-state index in [4.69, 9.17) is 22.1 Å². The number of urea groups is 1. The summed E-state index contributed by atoms with van der Waals surface area (Å²) in [4.78, 5) is 10.5. The molecule has 5 heteroatoms. The summed E-state index contributed by atoms with van der Waals surface area (Å²) in [5.74, 6) is 0.478. The first kappa shape index (κ1) is 9.67. The fourth-order valence-corrected chi connectivity index (χ4v) is 1.06. The van der Waals surface area contributed by atoms with Crippen molar-refractivity contribution in [2.45, 2.75) is 0 Å². The predicted octanol–water partition coefficient (Wildman–Crippen LogP) is 1.84. The van der Waals surface area contributed by atoms with Gasteiger partial charge >= 0.3 is 6.03 Å². The Labute approximate surface area is 80.6 Å². The second-order valence-electron chi connectivity index (χ2n) is 2.33. The molecule has 0 saturated carbocycles. The number of amides is 2. The van der Waals surface area contributed by atoms with E-state index >= 15 is 0 Å². The maximum Gasteiger partial charge on any atom is 0.316 e. The molecule has 1 aromatic carbocycles. The number of hydrogen-bond acceptors (Lipinski definition) is 2. The molecule has 3 N–H and O–H groups in total. The highest BCUT2D eigenvalue weighted by Gasteiger charge is 2.04. The van der Waals surface area contributed by atoms with Gasteiger partial charge in [0.05, 0.1) is 12.8 Å². The number of rotatable bonds is 2. The zero-order valence-electron chi connectivity index (χ0n) is 7.00. The normalized spacial score (nSPS) is 9.38. The number of ether oxygens (including phenoxy) is 1. The fraction of sp³-hybridized carbons (Fsp3) is 0.125. The number of carbonyl (C=O) groups excluding carboxylic acids is 1. The van der Waals surface area contributed by atoms with Crippen LogP contribution >= 0.6 is 11.6 Å². The van der Waals surface area contributed by atoms with Gasteiger partial charge in [0.1, 0.15) is 5.75 Å². The van der Waals surface area contributed by atoms with Crippen molar-refractivity contribution < 1.29 is 9.53 Å². The quantitative estimate of drug-likeness (QED) is 0.765. The van der Waals surface area contributed by atoms with Crippen LogP contribution in [0.3, 0.4) is 0 Å². The van der Waals surface area contributed by atoms with Crippen LogP contribution in [-0.2, 0) is 0 Å². The summed E-state index contributed by atoms with van der Waals surface area (Å²) in [6, 6.07) is 4.20. The number of primary amides is 1. The average molecular weight is 201 g/mol. The van der Waals surface area contributed by atoms with Gasteiger partial charge in [0.25, 0.3) is 0 Å². The molecule has 13 heavy (non-hydrogen) atoms. The van der Waals surface area contributed by atoms with Gasteiger partial charge in [-0.2, -0.15) is 0 Å². The van der Waals surface area contributed by atoms with Crippen molar-refractivity contribution in [2.75, 3.05) is 12.4 Å². The van der Waals surface area contributed by atoms with Crippen LogP contribution < -0.4 is 15.8 Å². The zero-order valence-corrected chi connectivity index (χ0v) is 7.76. The van der Waals surface area contributed by atoms with Gasteiger partial charge in [-0.3, -0.25) is 0 Å². The molecule has 0 atom stereocenters. The lowest BCUT2D eigenvalue weighted by atomic mass is 10.3. The second-order valence-corrected chi connectivity index (χ2v) is 2.77.